The summed E-state index contributed by atoms with van der Waals surface area (Å²) < 4.78 is 0. The van der Waals surface area contributed by atoms with E-state index < -0.39 is 0 Å². The van der Waals surface area contributed by atoms with Crippen LogP contribution in [0, 0.1) is 0 Å². The zero-order valence-corrected chi connectivity index (χ0v) is 39.5. The van der Waals surface area contributed by atoms with Crippen molar-refractivity contribution in [3.05, 3.63) is 80.4 Å². The summed E-state index contributed by atoms with van der Waals surface area (Å²) in [7, 11) is 0. The van der Waals surface area contributed by atoms with Gasteiger partial charge in [0.2, 0.25) is 0 Å². The molecule has 294 valence electrons. The van der Waals surface area contributed by atoms with Gasteiger partial charge in [-0.25, -0.2) is 0 Å². The first kappa shape index (κ1) is 43.1. The Hall–Kier alpha value is -0.601. The fourth-order valence-electron chi connectivity index (χ4n) is 6.51. The van der Waals surface area contributed by atoms with E-state index in [1.54, 1.807) is 0 Å². The summed E-state index contributed by atoms with van der Waals surface area (Å²) in [4.78, 5) is 16.2. The smallest absolute Gasteiger partial charge is 0.399 e. The van der Waals surface area contributed by atoms with Crippen LogP contribution in [-0.2, 0) is 17.1 Å². The van der Waals surface area contributed by atoms with Crippen LogP contribution in [0.5, 0.6) is 0 Å². The third-order valence-electron chi connectivity index (χ3n) is 8.94. The molecule has 0 amide bonds. The fourth-order valence-corrected chi connectivity index (χ4v) is 10.7. The van der Waals surface area contributed by atoms with Crippen molar-refractivity contribution in [2.75, 3.05) is 21.3 Å². The van der Waals surface area contributed by atoms with Crippen molar-refractivity contribution in [3.8, 4) is 0 Å². The van der Waals surface area contributed by atoms with Crippen molar-refractivity contribution in [3.63, 3.8) is 0 Å². The second-order valence-corrected chi connectivity index (χ2v) is 17.9. The Labute approximate surface area is 409 Å². The van der Waals surface area contributed by atoms with Crippen LogP contribution in [0.1, 0.15) is 0 Å². The number of anilines is 8. The summed E-state index contributed by atoms with van der Waals surface area (Å²) in [6, 6.07) is 0. The molecule has 25 heteroatoms. The van der Waals surface area contributed by atoms with Crippen LogP contribution in [0.25, 0.3) is 43.1 Å². The molecule has 9 rings (SSSR count). The van der Waals surface area contributed by atoms with E-state index in [9.17, 15) is 0 Å². The predicted molar refractivity (Wildman–Crippen MR) is 244 cm³/mol. The second kappa shape index (κ2) is 15.3. The Balaban J connectivity index is 0.00000455. The zero-order chi connectivity index (χ0) is 40.1. The zero-order valence-electron chi connectivity index (χ0n) is 26.3. The van der Waals surface area contributed by atoms with Gasteiger partial charge in [-0.15, -0.1) is 0 Å². The predicted octanol–water partition coefficient (Wildman–Crippen LogP) is 18.6. The van der Waals surface area contributed by atoms with Crippen molar-refractivity contribution in [1.29, 1.82) is 0 Å². The molecule has 1 aliphatic rings. The van der Waals surface area contributed by atoms with Gasteiger partial charge in [-0.1, -0.05) is 186 Å². The molecule has 4 aromatic heterocycles. The molecule has 0 aliphatic carbocycles. The Morgan fingerprint density at radius 1 is 0.228 bits per heavy atom. The van der Waals surface area contributed by atoms with E-state index in [0.717, 1.165) is 0 Å². The third-order valence-corrected chi connectivity index (χ3v) is 16.1. The molecule has 57 heavy (non-hydrogen) atoms. The molecule has 6 N–H and O–H groups in total. The first-order chi connectivity index (χ1) is 26.4. The van der Waals surface area contributed by atoms with Gasteiger partial charge in [0.05, 0.1) is 104 Å². The van der Waals surface area contributed by atoms with Gasteiger partial charge in [-0.2, -0.15) is 0 Å². The second-order valence-electron chi connectivity index (χ2n) is 11.9. The minimum Gasteiger partial charge on any atom is -0.399 e. The van der Waals surface area contributed by atoms with Gasteiger partial charge < -0.3 is 41.2 Å². The van der Waals surface area contributed by atoms with Crippen molar-refractivity contribution in [2.24, 2.45) is 0 Å². The average Bonchev–Trinajstić information content (AvgIpc) is 3.92. The van der Waals surface area contributed by atoms with Crippen LogP contribution in [0.4, 0.5) is 46.5 Å². The van der Waals surface area contributed by atoms with E-state index in [4.69, 9.17) is 196 Å². The van der Waals surface area contributed by atoms with Gasteiger partial charge >= 0.3 is 17.1 Å². The maximum atomic E-state index is 6.89. The van der Waals surface area contributed by atoms with Gasteiger partial charge in [-0.3, -0.25) is 0 Å². The van der Waals surface area contributed by atoms with E-state index in [-0.39, 0.29) is 187 Å². The fraction of sp³-hybridized carbons (Fsp3) is 0. The van der Waals surface area contributed by atoms with E-state index in [1.165, 1.54) is 0 Å². The van der Waals surface area contributed by atoms with Gasteiger partial charge in [0, 0.05) is 66.4 Å². The SMILES string of the molecule is Clc1c(Cl)c(Cl)c2c3[n-]c(c2c1Cl)Nc1[nH]c(c2c(Cl)c(Cl)c(Cl)c(Cl)c12)Nc1[n-]c(c2c(Cl)c(Cl)c(Cl)c(Cl)c12)Nc1[nH]c(c2c(Cl)c(Cl)c(Cl)c(Cl)c12)N3.[Fe+2]. The van der Waals surface area contributed by atoms with E-state index in [2.05, 4.69) is 31.2 Å². The van der Waals surface area contributed by atoms with Crippen LogP contribution < -0.4 is 31.2 Å². The molecule has 8 aromatic rings. The summed E-state index contributed by atoms with van der Waals surface area (Å²) in [6.45, 7) is 0. The maximum Gasteiger partial charge on any atom is 2.00 e. The van der Waals surface area contributed by atoms with Crippen LogP contribution >= 0.6 is 186 Å². The van der Waals surface area contributed by atoms with Crippen molar-refractivity contribution in [2.45, 2.75) is 0 Å². The van der Waals surface area contributed by atoms with Crippen LogP contribution in [0.3, 0.4) is 0 Å². The largest absolute Gasteiger partial charge is 2.00 e. The number of aromatic nitrogens is 4. The van der Waals surface area contributed by atoms with Gasteiger partial charge in [-0.05, 0) is 0 Å². The monoisotopic (exact) mass is 1120 g/mol. The molecule has 0 saturated carbocycles. The van der Waals surface area contributed by atoms with Crippen molar-refractivity contribution >= 4 is 275 Å². The number of benzene rings is 4. The van der Waals surface area contributed by atoms with E-state index in [0.29, 0.717) is 0 Å². The number of nitrogens with one attached hydrogen (secondary N) is 6. The number of fused-ring (bicyclic) bond motifs is 20. The van der Waals surface area contributed by atoms with Crippen LogP contribution in [-0.4, -0.2) is 9.97 Å². The van der Waals surface area contributed by atoms with E-state index >= 15 is 0 Å². The van der Waals surface area contributed by atoms with Crippen molar-refractivity contribution in [1.82, 2.24) is 19.9 Å². The third kappa shape index (κ3) is 6.22. The normalized spacial score (nSPS) is 12.6. The molecule has 5 heterocycles. The summed E-state index contributed by atoms with van der Waals surface area (Å²) in [5.74, 6) is 1.26. The van der Waals surface area contributed by atoms with Crippen LogP contribution in [0.15, 0.2) is 0 Å². The Bertz CT molecular complexity index is 2520. The van der Waals surface area contributed by atoms with Gasteiger partial charge in [0.1, 0.15) is 0 Å². The molecule has 0 radical (unpaired) electrons. The molecule has 8 nitrogen and oxygen atoms in total. The Kier molecular flexibility index (Phi) is 11.6. The Morgan fingerprint density at radius 3 is 0.561 bits per heavy atom. The number of H-pyrrole nitrogens is 2. The molecule has 1 aliphatic heterocycles. The van der Waals surface area contributed by atoms with Gasteiger partial charge in [0.25, 0.3) is 0 Å². The minimum absolute atomic E-state index is 0. The molecule has 4 aromatic carbocycles. The molecule has 8 bridgehead atoms. The standard InChI is InChI=1S/C32H6Cl16N8.Fe/c33-9-1-2(10(34)18(42)17(9)41)26-49-25(1)53-27-3-4(12(36)20(44)19(43)11(3)35)29(50-27)55-31-7-8(16(40)24(48)23(47)15(7)39)32(52-31)56-30-6-5(28(51-30)54-26)13(37)21(45)22(46)14(6)38;/h49,52-56H;/q-2;+2. The molecule has 0 atom stereocenters. The quantitative estimate of drug-likeness (QED) is 0.0513. The number of nitrogens with zero attached hydrogens (tertiary/aromatic N) is 2. The molecular weight excluding hydrogens is 1120 g/mol. The first-order valence-corrected chi connectivity index (χ1v) is 21.0. The summed E-state index contributed by atoms with van der Waals surface area (Å²) >= 11 is 108. The van der Waals surface area contributed by atoms with E-state index in [1.807, 2.05) is 0 Å². The number of hydrogen-bond donors (Lipinski definition) is 6. The minimum atomic E-state index is -0.0413. The number of halogens is 16. The molecule has 0 spiro atoms. The van der Waals surface area contributed by atoms with Crippen molar-refractivity contribution < 1.29 is 17.1 Å². The average molecular weight is 1130 g/mol. The first-order valence-electron chi connectivity index (χ1n) is 14.9. The topological polar surface area (TPSA) is 108 Å². The number of aromatic amines is 2. The summed E-state index contributed by atoms with van der Waals surface area (Å²) in [5.41, 5.74) is 0. The molecule has 0 saturated heterocycles. The molecule has 0 fully saturated rings. The van der Waals surface area contributed by atoms with Gasteiger partial charge in [0.15, 0.2) is 0 Å². The number of hydrogen-bond acceptors (Lipinski definition) is 4. The Morgan fingerprint density at radius 2 is 0.386 bits per heavy atom. The molecule has 0 unspecified atom stereocenters. The molecular formula is C32H6Cl16FeN8. The summed E-state index contributed by atoms with van der Waals surface area (Å²) in [6.07, 6.45) is 0. The number of rotatable bonds is 0. The van der Waals surface area contributed by atoms with Crippen LogP contribution in [0.2, 0.25) is 80.4 Å². The maximum absolute atomic E-state index is 6.89. The summed E-state index contributed by atoms with van der Waals surface area (Å²) in [5, 5.41) is 14.9.